The van der Waals surface area contributed by atoms with Crippen LogP contribution in [0.3, 0.4) is 0 Å². The monoisotopic (exact) mass is 399 g/mol. The molecule has 2 aliphatic rings. The quantitative estimate of drug-likeness (QED) is 0.781. The number of nitrogens with zero attached hydrogens (tertiary/aromatic N) is 3. The van der Waals surface area contributed by atoms with Crippen molar-refractivity contribution in [3.8, 4) is 11.6 Å². The second-order valence-corrected chi connectivity index (χ2v) is 7.75. The van der Waals surface area contributed by atoms with E-state index in [1.807, 2.05) is 11.8 Å². The van der Waals surface area contributed by atoms with Crippen LogP contribution in [0, 0.1) is 18.7 Å². The molecule has 6 nitrogen and oxygen atoms in total. The van der Waals surface area contributed by atoms with Gasteiger partial charge in [-0.15, -0.1) is 0 Å². The fraction of sp³-hybridized carbons (Fsp3) is 0.500. The molecule has 1 unspecified atom stereocenters. The first-order valence-corrected chi connectivity index (χ1v) is 10.2. The lowest BCUT2D eigenvalue weighted by atomic mass is 9.93. The second-order valence-electron chi connectivity index (χ2n) is 7.75. The van der Waals surface area contributed by atoms with Gasteiger partial charge in [0, 0.05) is 49.9 Å². The molecule has 2 aromatic rings. The predicted molar refractivity (Wildman–Crippen MR) is 105 cm³/mol. The number of para-hydroxylation sites is 1. The van der Waals surface area contributed by atoms with Crippen LogP contribution in [0.5, 0.6) is 11.6 Å². The van der Waals surface area contributed by atoms with Gasteiger partial charge in [0.15, 0.2) is 11.6 Å². The van der Waals surface area contributed by atoms with E-state index in [-0.39, 0.29) is 23.5 Å². The lowest BCUT2D eigenvalue weighted by Gasteiger charge is -2.35. The Morgan fingerprint density at radius 2 is 2.00 bits per heavy atom. The fourth-order valence-electron chi connectivity index (χ4n) is 4.03. The van der Waals surface area contributed by atoms with Gasteiger partial charge in [0.2, 0.25) is 11.8 Å². The highest BCUT2D eigenvalue weighted by Gasteiger charge is 2.31. The van der Waals surface area contributed by atoms with Crippen molar-refractivity contribution < 1.29 is 18.7 Å². The molecule has 1 amide bonds. The minimum absolute atomic E-state index is 0.0513. The summed E-state index contributed by atoms with van der Waals surface area (Å²) >= 11 is 0. The van der Waals surface area contributed by atoms with Crippen LogP contribution >= 0.6 is 0 Å². The number of benzene rings is 1. The summed E-state index contributed by atoms with van der Waals surface area (Å²) in [6, 6.07) is 7.95. The molecular weight excluding hydrogens is 373 g/mol. The van der Waals surface area contributed by atoms with Crippen molar-refractivity contribution in [1.82, 2.24) is 14.9 Å². The summed E-state index contributed by atoms with van der Waals surface area (Å²) in [7, 11) is 0. The summed E-state index contributed by atoms with van der Waals surface area (Å²) in [5.74, 6) is 1.00. The van der Waals surface area contributed by atoms with E-state index in [0.29, 0.717) is 31.5 Å². The number of aromatic nitrogens is 2. The van der Waals surface area contributed by atoms with E-state index in [4.69, 9.17) is 9.47 Å². The molecule has 0 saturated carbocycles. The lowest BCUT2D eigenvalue weighted by Crippen LogP contribution is -2.44. The maximum atomic E-state index is 13.9. The van der Waals surface area contributed by atoms with Gasteiger partial charge in [-0.05, 0) is 44.7 Å². The van der Waals surface area contributed by atoms with Gasteiger partial charge in [-0.2, -0.15) is 4.98 Å². The van der Waals surface area contributed by atoms with Gasteiger partial charge in [0.1, 0.15) is 5.82 Å². The summed E-state index contributed by atoms with van der Waals surface area (Å²) in [6.45, 7) is 4.57. The van der Waals surface area contributed by atoms with Crippen molar-refractivity contribution in [2.24, 2.45) is 5.92 Å². The van der Waals surface area contributed by atoms with Crippen LogP contribution < -0.4 is 4.74 Å². The predicted octanol–water partition coefficient (Wildman–Crippen LogP) is 3.85. The number of rotatable bonds is 4. The van der Waals surface area contributed by atoms with Crippen molar-refractivity contribution in [1.29, 1.82) is 0 Å². The largest absolute Gasteiger partial charge is 0.436 e. The molecule has 2 fully saturated rings. The van der Waals surface area contributed by atoms with Gasteiger partial charge in [0.25, 0.3) is 0 Å². The zero-order valence-corrected chi connectivity index (χ0v) is 16.6. The first-order valence-electron chi connectivity index (χ1n) is 10.2. The number of carbonyl (C=O) groups is 1. The highest BCUT2D eigenvalue weighted by atomic mass is 19.1. The molecule has 1 aromatic carbocycles. The van der Waals surface area contributed by atoms with E-state index in [1.165, 1.54) is 6.07 Å². The Labute approximate surface area is 170 Å². The fourth-order valence-corrected chi connectivity index (χ4v) is 4.03. The molecule has 7 heteroatoms. The SMILES string of the molecule is Cc1cc(Oc2ccccc2F)nc(C2CCCN(C(=O)C3CCOCC3)C2)n1. The third-order valence-corrected chi connectivity index (χ3v) is 5.57. The lowest BCUT2D eigenvalue weighted by molar-refractivity contribution is -0.139. The van der Waals surface area contributed by atoms with Crippen LogP contribution in [0.15, 0.2) is 30.3 Å². The van der Waals surface area contributed by atoms with E-state index >= 15 is 0 Å². The number of aryl methyl sites for hydroxylation is 1. The molecule has 0 radical (unpaired) electrons. The summed E-state index contributed by atoms with van der Waals surface area (Å²) < 4.78 is 25.0. The molecule has 3 heterocycles. The van der Waals surface area contributed by atoms with Crippen molar-refractivity contribution in [2.45, 2.75) is 38.5 Å². The highest BCUT2D eigenvalue weighted by molar-refractivity contribution is 5.79. The second kappa shape index (κ2) is 8.86. The molecule has 2 aliphatic heterocycles. The van der Waals surface area contributed by atoms with Crippen molar-refractivity contribution in [3.63, 3.8) is 0 Å². The standard InChI is InChI=1S/C22H26FN3O3/c1-15-13-20(29-19-7-3-2-6-18(19)23)25-21(24-15)17-5-4-10-26(14-17)22(27)16-8-11-28-12-9-16/h2-3,6-7,13,16-17H,4-5,8-12,14H2,1H3. The number of piperidine rings is 1. The number of likely N-dealkylation sites (tertiary alicyclic amines) is 1. The number of hydrogen-bond acceptors (Lipinski definition) is 5. The highest BCUT2D eigenvalue weighted by Crippen LogP contribution is 2.30. The van der Waals surface area contributed by atoms with Gasteiger partial charge < -0.3 is 14.4 Å². The normalized spacial score (nSPS) is 20.5. The van der Waals surface area contributed by atoms with Gasteiger partial charge in [-0.25, -0.2) is 9.37 Å². The third kappa shape index (κ3) is 4.72. The van der Waals surface area contributed by atoms with Crippen LogP contribution in [0.1, 0.15) is 43.1 Å². The van der Waals surface area contributed by atoms with Crippen molar-refractivity contribution in [3.05, 3.63) is 47.7 Å². The molecule has 0 spiro atoms. The van der Waals surface area contributed by atoms with E-state index in [1.54, 1.807) is 24.3 Å². The molecule has 2 saturated heterocycles. The van der Waals surface area contributed by atoms with Gasteiger partial charge in [0.05, 0.1) is 0 Å². The van der Waals surface area contributed by atoms with E-state index < -0.39 is 5.82 Å². The van der Waals surface area contributed by atoms with Gasteiger partial charge >= 0.3 is 0 Å². The van der Waals surface area contributed by atoms with E-state index in [2.05, 4.69) is 9.97 Å². The molecule has 1 atom stereocenters. The number of hydrogen-bond donors (Lipinski definition) is 0. The molecule has 154 valence electrons. The minimum atomic E-state index is -0.434. The Morgan fingerprint density at radius 1 is 1.21 bits per heavy atom. The molecule has 0 aliphatic carbocycles. The van der Waals surface area contributed by atoms with Gasteiger partial charge in [-0.3, -0.25) is 4.79 Å². The zero-order chi connectivity index (χ0) is 20.2. The number of ether oxygens (including phenoxy) is 2. The molecular formula is C22H26FN3O3. The number of halogens is 1. The Kier molecular flexibility index (Phi) is 6.04. The molecule has 1 aromatic heterocycles. The number of amides is 1. The zero-order valence-electron chi connectivity index (χ0n) is 16.6. The van der Waals surface area contributed by atoms with Crippen LogP contribution in [0.2, 0.25) is 0 Å². The van der Waals surface area contributed by atoms with Crippen LogP contribution in [-0.2, 0) is 9.53 Å². The third-order valence-electron chi connectivity index (χ3n) is 5.57. The van der Waals surface area contributed by atoms with Crippen LogP contribution in [-0.4, -0.2) is 47.1 Å². The number of carbonyl (C=O) groups excluding carboxylic acids is 1. The van der Waals surface area contributed by atoms with E-state index in [0.717, 1.165) is 37.9 Å². The van der Waals surface area contributed by atoms with Crippen LogP contribution in [0.25, 0.3) is 0 Å². The molecule has 0 bridgehead atoms. The maximum absolute atomic E-state index is 13.9. The Morgan fingerprint density at radius 3 is 2.79 bits per heavy atom. The Balaban J connectivity index is 1.49. The Bertz CT molecular complexity index is 870. The Hall–Kier alpha value is -2.54. The first kappa shape index (κ1) is 19.8. The smallest absolute Gasteiger partial charge is 0.225 e. The maximum Gasteiger partial charge on any atom is 0.225 e. The van der Waals surface area contributed by atoms with Crippen molar-refractivity contribution >= 4 is 5.91 Å². The molecule has 4 rings (SSSR count). The van der Waals surface area contributed by atoms with Crippen molar-refractivity contribution in [2.75, 3.05) is 26.3 Å². The molecule has 0 N–H and O–H groups in total. The van der Waals surface area contributed by atoms with Crippen LogP contribution in [0.4, 0.5) is 4.39 Å². The summed E-state index contributed by atoms with van der Waals surface area (Å²) in [5.41, 5.74) is 0.759. The minimum Gasteiger partial charge on any atom is -0.436 e. The molecule has 29 heavy (non-hydrogen) atoms. The topological polar surface area (TPSA) is 64.5 Å². The summed E-state index contributed by atoms with van der Waals surface area (Å²) in [6.07, 6.45) is 3.42. The summed E-state index contributed by atoms with van der Waals surface area (Å²) in [5, 5.41) is 0. The first-order chi connectivity index (χ1) is 14.1. The average Bonchev–Trinajstić information content (AvgIpc) is 2.75. The summed E-state index contributed by atoms with van der Waals surface area (Å²) in [4.78, 5) is 24.0. The van der Waals surface area contributed by atoms with Gasteiger partial charge in [-0.1, -0.05) is 12.1 Å². The average molecular weight is 399 g/mol. The van der Waals surface area contributed by atoms with E-state index in [9.17, 15) is 9.18 Å².